The Bertz CT molecular complexity index is 531. The Kier molecular flexibility index (Phi) is 4.74. The predicted octanol–water partition coefficient (Wildman–Crippen LogP) is 3.06. The molecule has 2 atom stereocenters. The van der Waals surface area contributed by atoms with Crippen LogP contribution in [0.2, 0.25) is 5.02 Å². The molecule has 1 fully saturated rings. The number of rotatable bonds is 2. The number of hydrogen-bond donors (Lipinski definition) is 2. The third-order valence-corrected chi connectivity index (χ3v) is 3.51. The molecule has 0 aliphatic carbocycles. The van der Waals surface area contributed by atoms with Crippen LogP contribution in [0.5, 0.6) is 0 Å². The Balaban J connectivity index is 2.08. The van der Waals surface area contributed by atoms with E-state index in [1.54, 1.807) is 32.9 Å². The lowest BCUT2D eigenvalue weighted by Gasteiger charge is -2.24. The van der Waals surface area contributed by atoms with Gasteiger partial charge in [-0.3, -0.25) is 0 Å². The molecule has 0 aromatic heterocycles. The van der Waals surface area contributed by atoms with Crippen LogP contribution in [0.25, 0.3) is 0 Å². The minimum Gasteiger partial charge on any atom is -0.444 e. The van der Waals surface area contributed by atoms with Gasteiger partial charge in [0.2, 0.25) is 0 Å². The van der Waals surface area contributed by atoms with E-state index in [9.17, 15) is 9.18 Å². The summed E-state index contributed by atoms with van der Waals surface area (Å²) >= 11 is 5.77. The predicted molar refractivity (Wildman–Crippen MR) is 80.2 cm³/mol. The highest BCUT2D eigenvalue weighted by molar-refractivity contribution is 6.30. The standard InChI is InChI=1S/C15H20ClFN2O2/c1-15(2,3)21-14(20)19-13-8-18-7-11(13)10-5-4-9(16)6-12(10)17/h4-6,11,13,18H,7-8H2,1-3H3,(H,19,20)/t11-,13+/m0/s1. The van der Waals surface area contributed by atoms with Gasteiger partial charge in [-0.1, -0.05) is 17.7 Å². The fourth-order valence-corrected chi connectivity index (χ4v) is 2.58. The zero-order valence-corrected chi connectivity index (χ0v) is 13.1. The number of amides is 1. The van der Waals surface area contributed by atoms with Gasteiger partial charge in [-0.2, -0.15) is 0 Å². The molecule has 21 heavy (non-hydrogen) atoms. The Hall–Kier alpha value is -1.33. The van der Waals surface area contributed by atoms with Crippen molar-refractivity contribution in [2.75, 3.05) is 13.1 Å². The van der Waals surface area contributed by atoms with Gasteiger partial charge in [-0.05, 0) is 38.5 Å². The zero-order valence-electron chi connectivity index (χ0n) is 12.4. The highest BCUT2D eigenvalue weighted by Gasteiger charge is 2.32. The summed E-state index contributed by atoms with van der Waals surface area (Å²) < 4.78 is 19.3. The molecule has 1 amide bonds. The van der Waals surface area contributed by atoms with Gasteiger partial charge in [0.1, 0.15) is 11.4 Å². The number of carbonyl (C=O) groups excluding carboxylic acids is 1. The van der Waals surface area contributed by atoms with Crippen molar-refractivity contribution in [3.63, 3.8) is 0 Å². The normalized spacial score (nSPS) is 22.1. The van der Waals surface area contributed by atoms with E-state index in [1.165, 1.54) is 6.07 Å². The first-order valence-electron chi connectivity index (χ1n) is 6.91. The van der Waals surface area contributed by atoms with Crippen LogP contribution in [-0.4, -0.2) is 30.8 Å². The third kappa shape index (κ3) is 4.32. The Morgan fingerprint density at radius 2 is 2.14 bits per heavy atom. The highest BCUT2D eigenvalue weighted by atomic mass is 35.5. The second-order valence-electron chi connectivity index (χ2n) is 6.18. The van der Waals surface area contributed by atoms with Gasteiger partial charge in [0.25, 0.3) is 0 Å². The molecule has 1 saturated heterocycles. The average Bonchev–Trinajstić information content (AvgIpc) is 2.74. The van der Waals surface area contributed by atoms with Crippen LogP contribution in [0.1, 0.15) is 32.3 Å². The number of halogens is 2. The SMILES string of the molecule is CC(C)(C)OC(=O)N[C@@H]1CNC[C@H]1c1ccc(Cl)cc1F. The van der Waals surface area contributed by atoms with Crippen molar-refractivity contribution >= 4 is 17.7 Å². The van der Waals surface area contributed by atoms with Crippen LogP contribution in [0.4, 0.5) is 9.18 Å². The first-order chi connectivity index (χ1) is 9.76. The van der Waals surface area contributed by atoms with Gasteiger partial charge in [0.15, 0.2) is 0 Å². The number of carbonyl (C=O) groups is 1. The molecule has 0 spiro atoms. The Labute approximate surface area is 129 Å². The number of nitrogens with one attached hydrogen (secondary N) is 2. The monoisotopic (exact) mass is 314 g/mol. The number of ether oxygens (including phenoxy) is 1. The van der Waals surface area contributed by atoms with E-state index >= 15 is 0 Å². The lowest BCUT2D eigenvalue weighted by molar-refractivity contribution is 0.0504. The van der Waals surface area contributed by atoms with Gasteiger partial charge >= 0.3 is 6.09 Å². The maximum absolute atomic E-state index is 14.0. The lowest BCUT2D eigenvalue weighted by atomic mass is 9.94. The van der Waals surface area contributed by atoms with E-state index in [0.717, 1.165) is 0 Å². The lowest BCUT2D eigenvalue weighted by Crippen LogP contribution is -2.42. The molecule has 1 aliphatic heterocycles. The summed E-state index contributed by atoms with van der Waals surface area (Å²) in [5.74, 6) is -0.498. The Morgan fingerprint density at radius 1 is 1.43 bits per heavy atom. The molecule has 116 valence electrons. The number of hydrogen-bond acceptors (Lipinski definition) is 3. The smallest absolute Gasteiger partial charge is 0.407 e. The van der Waals surface area contributed by atoms with E-state index < -0.39 is 11.7 Å². The largest absolute Gasteiger partial charge is 0.444 e. The summed E-state index contributed by atoms with van der Waals surface area (Å²) in [4.78, 5) is 11.9. The summed E-state index contributed by atoms with van der Waals surface area (Å²) in [5.41, 5.74) is -0.0117. The second kappa shape index (κ2) is 6.20. The number of benzene rings is 1. The second-order valence-corrected chi connectivity index (χ2v) is 6.62. The molecule has 0 unspecified atom stereocenters. The van der Waals surface area contributed by atoms with Gasteiger partial charge in [0, 0.05) is 24.0 Å². The molecule has 2 N–H and O–H groups in total. The Morgan fingerprint density at radius 3 is 2.76 bits per heavy atom. The molecule has 1 aromatic rings. The molecule has 0 saturated carbocycles. The van der Waals surface area contributed by atoms with Crippen molar-refractivity contribution in [1.82, 2.24) is 10.6 Å². The quantitative estimate of drug-likeness (QED) is 0.882. The highest BCUT2D eigenvalue weighted by Crippen LogP contribution is 2.27. The van der Waals surface area contributed by atoms with Crippen LogP contribution in [-0.2, 0) is 4.74 Å². The first-order valence-corrected chi connectivity index (χ1v) is 7.29. The average molecular weight is 315 g/mol. The van der Waals surface area contributed by atoms with Crippen molar-refractivity contribution < 1.29 is 13.9 Å². The van der Waals surface area contributed by atoms with E-state index in [1.807, 2.05) is 0 Å². The van der Waals surface area contributed by atoms with Crippen LogP contribution in [0.15, 0.2) is 18.2 Å². The van der Waals surface area contributed by atoms with Crippen LogP contribution < -0.4 is 10.6 Å². The van der Waals surface area contributed by atoms with Crippen LogP contribution in [0.3, 0.4) is 0 Å². The van der Waals surface area contributed by atoms with Crippen molar-refractivity contribution in [3.8, 4) is 0 Å². The number of alkyl carbamates (subject to hydrolysis) is 1. The van der Waals surface area contributed by atoms with E-state index in [-0.39, 0.29) is 17.8 Å². The molecule has 1 aromatic carbocycles. The summed E-state index contributed by atoms with van der Waals surface area (Å²) in [5, 5.41) is 6.32. The maximum Gasteiger partial charge on any atom is 0.407 e. The molecule has 4 nitrogen and oxygen atoms in total. The fraction of sp³-hybridized carbons (Fsp3) is 0.533. The summed E-state index contributed by atoms with van der Waals surface area (Å²) in [6.07, 6.45) is -0.490. The molecule has 6 heteroatoms. The molecule has 1 aliphatic rings. The fourth-order valence-electron chi connectivity index (χ4n) is 2.42. The minimum atomic E-state index is -0.558. The van der Waals surface area contributed by atoms with Gasteiger partial charge in [-0.15, -0.1) is 0 Å². The van der Waals surface area contributed by atoms with Crippen LogP contribution >= 0.6 is 11.6 Å². The van der Waals surface area contributed by atoms with Gasteiger partial charge in [-0.25, -0.2) is 9.18 Å². The molecular formula is C15H20ClFN2O2. The molecule has 0 bridgehead atoms. The van der Waals surface area contributed by atoms with Crippen molar-refractivity contribution in [2.24, 2.45) is 0 Å². The maximum atomic E-state index is 14.0. The van der Waals surface area contributed by atoms with Crippen molar-refractivity contribution in [2.45, 2.75) is 38.3 Å². The third-order valence-electron chi connectivity index (χ3n) is 3.28. The first kappa shape index (κ1) is 16.0. The summed E-state index contributed by atoms with van der Waals surface area (Å²) in [6, 6.07) is 4.40. The topological polar surface area (TPSA) is 50.4 Å². The van der Waals surface area contributed by atoms with E-state index in [2.05, 4.69) is 10.6 Å². The minimum absolute atomic E-state index is 0.144. The molecule has 0 radical (unpaired) electrons. The van der Waals surface area contributed by atoms with Crippen molar-refractivity contribution in [3.05, 3.63) is 34.6 Å². The van der Waals surface area contributed by atoms with Crippen LogP contribution in [0, 0.1) is 5.82 Å². The molecule has 1 heterocycles. The van der Waals surface area contributed by atoms with Gasteiger partial charge < -0.3 is 15.4 Å². The summed E-state index contributed by atoms with van der Waals surface area (Å²) in [6.45, 7) is 6.58. The van der Waals surface area contributed by atoms with E-state index in [4.69, 9.17) is 16.3 Å². The zero-order chi connectivity index (χ0) is 15.6. The van der Waals surface area contributed by atoms with Crippen molar-refractivity contribution in [1.29, 1.82) is 0 Å². The van der Waals surface area contributed by atoms with E-state index in [0.29, 0.717) is 23.7 Å². The summed E-state index contributed by atoms with van der Waals surface area (Å²) in [7, 11) is 0. The van der Waals surface area contributed by atoms with Gasteiger partial charge in [0.05, 0.1) is 6.04 Å². The molecular weight excluding hydrogens is 295 g/mol. The molecule has 2 rings (SSSR count).